The van der Waals surface area contributed by atoms with Crippen LogP contribution in [0.3, 0.4) is 0 Å². The molecule has 1 rings (SSSR count). The number of hydrogen-bond donors (Lipinski definition) is 0. The lowest BCUT2D eigenvalue weighted by Gasteiger charge is -2.02. The van der Waals surface area contributed by atoms with Crippen molar-refractivity contribution in [2.45, 2.75) is 52.5 Å². The lowest BCUT2D eigenvalue weighted by atomic mass is 10.1. The Balaban J connectivity index is 2.27. The zero-order valence-corrected chi connectivity index (χ0v) is 8.66. The summed E-state index contributed by atoms with van der Waals surface area (Å²) in [6.45, 7) is 5.34. The zero-order chi connectivity index (χ0) is 9.52. The molecule has 3 nitrogen and oxygen atoms in total. The van der Waals surface area contributed by atoms with Crippen molar-refractivity contribution in [1.29, 1.82) is 0 Å². The minimum absolute atomic E-state index is 0.982. The van der Waals surface area contributed by atoms with Crippen molar-refractivity contribution in [2.75, 3.05) is 0 Å². The van der Waals surface area contributed by atoms with Crippen LogP contribution in [-0.4, -0.2) is 14.8 Å². The van der Waals surface area contributed by atoms with E-state index in [0.29, 0.717) is 0 Å². The number of rotatable bonds is 6. The number of aromatic nitrogens is 3. The van der Waals surface area contributed by atoms with Gasteiger partial charge in [-0.2, -0.15) is 0 Å². The molecule has 74 valence electrons. The van der Waals surface area contributed by atoms with E-state index in [9.17, 15) is 0 Å². The van der Waals surface area contributed by atoms with Crippen LogP contribution in [0.25, 0.3) is 0 Å². The van der Waals surface area contributed by atoms with Crippen LogP contribution in [0.15, 0.2) is 6.33 Å². The van der Waals surface area contributed by atoms with Gasteiger partial charge in [0.25, 0.3) is 0 Å². The summed E-state index contributed by atoms with van der Waals surface area (Å²) in [5, 5.41) is 8.00. The summed E-state index contributed by atoms with van der Waals surface area (Å²) in [5.41, 5.74) is 0. The Kier molecular flexibility index (Phi) is 4.50. The van der Waals surface area contributed by atoms with E-state index in [1.807, 2.05) is 6.33 Å². The first kappa shape index (κ1) is 10.2. The van der Waals surface area contributed by atoms with Crippen LogP contribution in [0.5, 0.6) is 0 Å². The fraction of sp³-hybridized carbons (Fsp3) is 0.800. The third-order valence-electron chi connectivity index (χ3n) is 2.29. The van der Waals surface area contributed by atoms with E-state index in [1.165, 1.54) is 25.7 Å². The van der Waals surface area contributed by atoms with E-state index in [0.717, 1.165) is 18.8 Å². The topological polar surface area (TPSA) is 30.7 Å². The summed E-state index contributed by atoms with van der Waals surface area (Å²) in [5.74, 6) is 1.14. The Bertz CT molecular complexity index is 230. The van der Waals surface area contributed by atoms with E-state index in [2.05, 4.69) is 28.6 Å². The molecule has 0 saturated carbocycles. The number of aryl methyl sites for hydroxylation is 2. The van der Waals surface area contributed by atoms with Crippen molar-refractivity contribution in [2.24, 2.45) is 0 Å². The number of unbranched alkanes of at least 4 members (excludes halogenated alkanes) is 3. The first-order chi connectivity index (χ1) is 6.38. The van der Waals surface area contributed by atoms with Gasteiger partial charge in [-0.1, -0.05) is 26.2 Å². The SMILES string of the molecule is CCCCCCc1nncn1CC. The Morgan fingerprint density at radius 3 is 2.77 bits per heavy atom. The van der Waals surface area contributed by atoms with E-state index in [4.69, 9.17) is 0 Å². The van der Waals surface area contributed by atoms with E-state index in [-0.39, 0.29) is 0 Å². The van der Waals surface area contributed by atoms with E-state index < -0.39 is 0 Å². The van der Waals surface area contributed by atoms with E-state index in [1.54, 1.807) is 0 Å². The van der Waals surface area contributed by atoms with Crippen LogP contribution in [0.2, 0.25) is 0 Å². The molecule has 0 aromatic carbocycles. The number of hydrogen-bond acceptors (Lipinski definition) is 2. The van der Waals surface area contributed by atoms with Crippen LogP contribution in [0.1, 0.15) is 45.4 Å². The molecular weight excluding hydrogens is 162 g/mol. The molecule has 0 atom stereocenters. The van der Waals surface area contributed by atoms with Gasteiger partial charge in [-0.05, 0) is 13.3 Å². The molecule has 0 spiro atoms. The van der Waals surface area contributed by atoms with Gasteiger partial charge in [0, 0.05) is 13.0 Å². The highest BCUT2D eigenvalue weighted by atomic mass is 15.3. The molecule has 0 amide bonds. The van der Waals surface area contributed by atoms with Gasteiger partial charge in [0.2, 0.25) is 0 Å². The Morgan fingerprint density at radius 1 is 1.23 bits per heavy atom. The summed E-state index contributed by atoms with van der Waals surface area (Å²) < 4.78 is 2.12. The largest absolute Gasteiger partial charge is 0.318 e. The molecule has 0 aliphatic carbocycles. The van der Waals surface area contributed by atoms with Crippen molar-refractivity contribution >= 4 is 0 Å². The smallest absolute Gasteiger partial charge is 0.132 e. The van der Waals surface area contributed by atoms with Crippen LogP contribution in [0.4, 0.5) is 0 Å². The zero-order valence-electron chi connectivity index (χ0n) is 8.66. The maximum absolute atomic E-state index is 4.10. The molecule has 1 heterocycles. The minimum atomic E-state index is 0.982. The molecule has 0 aliphatic rings. The molecule has 0 bridgehead atoms. The van der Waals surface area contributed by atoms with Gasteiger partial charge in [-0.3, -0.25) is 0 Å². The minimum Gasteiger partial charge on any atom is -0.318 e. The highest BCUT2D eigenvalue weighted by molar-refractivity contribution is 4.85. The van der Waals surface area contributed by atoms with Crippen LogP contribution in [0, 0.1) is 0 Å². The Hall–Kier alpha value is -0.860. The second-order valence-corrected chi connectivity index (χ2v) is 3.34. The first-order valence-corrected chi connectivity index (χ1v) is 5.25. The normalized spacial score (nSPS) is 10.6. The van der Waals surface area contributed by atoms with Crippen molar-refractivity contribution in [3.63, 3.8) is 0 Å². The average molecular weight is 181 g/mol. The Labute approximate surface area is 80.2 Å². The molecule has 0 aliphatic heterocycles. The summed E-state index contributed by atoms with van der Waals surface area (Å²) >= 11 is 0. The molecule has 0 radical (unpaired) electrons. The van der Waals surface area contributed by atoms with Gasteiger partial charge in [0.15, 0.2) is 0 Å². The highest BCUT2D eigenvalue weighted by Crippen LogP contribution is 2.05. The van der Waals surface area contributed by atoms with Gasteiger partial charge in [-0.15, -0.1) is 10.2 Å². The summed E-state index contributed by atoms with van der Waals surface area (Å²) in [6.07, 6.45) is 8.07. The summed E-state index contributed by atoms with van der Waals surface area (Å²) in [4.78, 5) is 0. The van der Waals surface area contributed by atoms with Crippen LogP contribution >= 0.6 is 0 Å². The molecule has 0 fully saturated rings. The predicted octanol–water partition coefficient (Wildman–Crippen LogP) is 2.42. The molecule has 1 aromatic rings. The van der Waals surface area contributed by atoms with Crippen LogP contribution < -0.4 is 0 Å². The second kappa shape index (κ2) is 5.73. The molecule has 0 unspecified atom stereocenters. The fourth-order valence-electron chi connectivity index (χ4n) is 1.45. The first-order valence-electron chi connectivity index (χ1n) is 5.25. The maximum Gasteiger partial charge on any atom is 0.132 e. The van der Waals surface area contributed by atoms with Crippen molar-refractivity contribution in [3.8, 4) is 0 Å². The summed E-state index contributed by atoms with van der Waals surface area (Å²) in [6, 6.07) is 0. The highest BCUT2D eigenvalue weighted by Gasteiger charge is 2.00. The average Bonchev–Trinajstić information content (AvgIpc) is 2.60. The predicted molar refractivity (Wildman–Crippen MR) is 53.5 cm³/mol. The Morgan fingerprint density at radius 2 is 2.08 bits per heavy atom. The van der Waals surface area contributed by atoms with Gasteiger partial charge in [-0.25, -0.2) is 0 Å². The third-order valence-corrected chi connectivity index (χ3v) is 2.29. The fourth-order valence-corrected chi connectivity index (χ4v) is 1.45. The molecule has 3 heteroatoms. The van der Waals surface area contributed by atoms with Crippen molar-refractivity contribution in [1.82, 2.24) is 14.8 Å². The standard InChI is InChI=1S/C10H19N3/c1-3-5-6-7-8-10-12-11-9-13(10)4-2/h9H,3-8H2,1-2H3. The molecule has 1 aromatic heterocycles. The van der Waals surface area contributed by atoms with Gasteiger partial charge in [0.1, 0.15) is 12.2 Å². The number of nitrogens with zero attached hydrogens (tertiary/aromatic N) is 3. The van der Waals surface area contributed by atoms with Crippen molar-refractivity contribution < 1.29 is 0 Å². The molecule has 0 N–H and O–H groups in total. The van der Waals surface area contributed by atoms with Crippen LogP contribution in [-0.2, 0) is 13.0 Å². The quantitative estimate of drug-likeness (QED) is 0.631. The van der Waals surface area contributed by atoms with Gasteiger partial charge < -0.3 is 4.57 Å². The lowest BCUT2D eigenvalue weighted by Crippen LogP contribution is -2.00. The molecule has 13 heavy (non-hydrogen) atoms. The summed E-state index contributed by atoms with van der Waals surface area (Å²) in [7, 11) is 0. The van der Waals surface area contributed by atoms with Gasteiger partial charge >= 0.3 is 0 Å². The monoisotopic (exact) mass is 181 g/mol. The van der Waals surface area contributed by atoms with E-state index >= 15 is 0 Å². The molecule has 0 saturated heterocycles. The third kappa shape index (κ3) is 3.17. The molecular formula is C10H19N3. The second-order valence-electron chi connectivity index (χ2n) is 3.34. The maximum atomic E-state index is 4.10. The van der Waals surface area contributed by atoms with Crippen molar-refractivity contribution in [3.05, 3.63) is 12.2 Å². The lowest BCUT2D eigenvalue weighted by molar-refractivity contribution is 0.620. The van der Waals surface area contributed by atoms with Gasteiger partial charge in [0.05, 0.1) is 0 Å².